The molecule has 0 spiro atoms. The van der Waals surface area contributed by atoms with Crippen molar-refractivity contribution in [1.82, 2.24) is 0 Å². The van der Waals surface area contributed by atoms with Crippen molar-refractivity contribution in [2.24, 2.45) is 11.3 Å². The van der Waals surface area contributed by atoms with Crippen LogP contribution < -0.4 is 0 Å². The molecule has 0 aromatic carbocycles. The van der Waals surface area contributed by atoms with Gasteiger partial charge in [0.05, 0.1) is 5.38 Å². The van der Waals surface area contributed by atoms with E-state index in [1.165, 1.54) is 28.6 Å². The molecule has 2 atom stereocenters. The Morgan fingerprint density at radius 3 is 2.80 bits per heavy atom. The van der Waals surface area contributed by atoms with Gasteiger partial charge in [-0.1, -0.05) is 20.3 Å². The molecule has 1 aliphatic carbocycles. The molecular weight excluding hydrogens is 292 g/mol. The van der Waals surface area contributed by atoms with Gasteiger partial charge in [0, 0.05) is 9.35 Å². The summed E-state index contributed by atoms with van der Waals surface area (Å²) in [6, 6.07) is 2.09. The summed E-state index contributed by atoms with van der Waals surface area (Å²) in [7, 11) is 0. The van der Waals surface area contributed by atoms with Gasteiger partial charge in [-0.25, -0.2) is 0 Å². The molecule has 2 rings (SSSR count). The zero-order valence-corrected chi connectivity index (χ0v) is 12.3. The molecule has 1 aliphatic rings. The molecule has 0 N–H and O–H groups in total. The second-order valence-electron chi connectivity index (χ2n) is 5.02. The summed E-state index contributed by atoms with van der Waals surface area (Å²) < 4.78 is 1.18. The highest BCUT2D eigenvalue weighted by Crippen LogP contribution is 2.52. The molecule has 0 bridgehead atoms. The summed E-state index contributed by atoms with van der Waals surface area (Å²) in [6.45, 7) is 4.70. The van der Waals surface area contributed by atoms with Gasteiger partial charge >= 0.3 is 0 Å². The molecule has 1 aromatic rings. The average molecular weight is 308 g/mol. The molecule has 1 heterocycles. The third-order valence-corrected chi connectivity index (χ3v) is 6.19. The zero-order valence-electron chi connectivity index (χ0n) is 9.09. The van der Waals surface area contributed by atoms with Crippen LogP contribution >= 0.6 is 38.9 Å². The molecule has 3 heteroatoms. The third-order valence-electron chi connectivity index (χ3n) is 3.59. The van der Waals surface area contributed by atoms with Crippen LogP contribution in [0, 0.1) is 11.3 Å². The molecule has 0 nitrogen and oxygen atoms in total. The number of hydrogen-bond donors (Lipinski definition) is 0. The van der Waals surface area contributed by atoms with E-state index in [0.717, 1.165) is 0 Å². The Labute approximate surface area is 109 Å². The first-order valence-corrected chi connectivity index (χ1v) is 7.50. The average Bonchev–Trinajstić information content (AvgIpc) is 2.70. The molecule has 15 heavy (non-hydrogen) atoms. The molecule has 0 radical (unpaired) electrons. The third kappa shape index (κ3) is 2.27. The Kier molecular flexibility index (Phi) is 3.49. The van der Waals surface area contributed by atoms with Crippen molar-refractivity contribution < 1.29 is 0 Å². The van der Waals surface area contributed by atoms with Crippen LogP contribution in [-0.4, -0.2) is 0 Å². The minimum Gasteiger partial charge on any atom is -0.146 e. The van der Waals surface area contributed by atoms with Crippen LogP contribution in [0.2, 0.25) is 0 Å². The topological polar surface area (TPSA) is 0 Å². The molecule has 0 aliphatic heterocycles. The highest BCUT2D eigenvalue weighted by molar-refractivity contribution is 9.10. The van der Waals surface area contributed by atoms with Gasteiger partial charge in [-0.05, 0) is 51.6 Å². The molecule has 1 aromatic heterocycles. The summed E-state index contributed by atoms with van der Waals surface area (Å²) in [5.41, 5.74) is 0.399. The molecular formula is C12H16BrClS. The standard InChI is InChI=1S/C12H16BrClS/c1-12(2)6-3-4-8(12)10(14)11-9(13)5-7-15-11/h5,7-8,10H,3-4,6H2,1-2H3. The van der Waals surface area contributed by atoms with Gasteiger partial charge in [-0.2, -0.15) is 0 Å². The molecule has 1 saturated carbocycles. The first-order valence-electron chi connectivity index (χ1n) is 5.39. The van der Waals surface area contributed by atoms with Crippen LogP contribution in [0.15, 0.2) is 15.9 Å². The fourth-order valence-corrected chi connectivity index (χ4v) is 5.11. The van der Waals surface area contributed by atoms with Crippen LogP contribution in [0.5, 0.6) is 0 Å². The maximum Gasteiger partial charge on any atom is 0.0723 e. The highest BCUT2D eigenvalue weighted by atomic mass is 79.9. The van der Waals surface area contributed by atoms with Crippen LogP contribution in [0.3, 0.4) is 0 Å². The lowest BCUT2D eigenvalue weighted by Crippen LogP contribution is -2.21. The normalized spacial score (nSPS) is 26.8. The number of hydrogen-bond acceptors (Lipinski definition) is 1. The molecule has 1 fully saturated rings. The Morgan fingerprint density at radius 2 is 2.33 bits per heavy atom. The van der Waals surface area contributed by atoms with Gasteiger partial charge < -0.3 is 0 Å². The fraction of sp³-hybridized carbons (Fsp3) is 0.667. The molecule has 2 unspecified atom stereocenters. The summed E-state index contributed by atoms with van der Waals surface area (Å²) >= 11 is 12.0. The van der Waals surface area contributed by atoms with E-state index in [1.807, 2.05) is 0 Å². The van der Waals surface area contributed by atoms with Crippen molar-refractivity contribution in [2.75, 3.05) is 0 Å². The van der Waals surface area contributed by atoms with Gasteiger partial charge in [0.15, 0.2) is 0 Å². The smallest absolute Gasteiger partial charge is 0.0723 e. The predicted octanol–water partition coefficient (Wildman–Crippen LogP) is 5.62. The van der Waals surface area contributed by atoms with E-state index in [0.29, 0.717) is 11.3 Å². The number of alkyl halides is 1. The summed E-state index contributed by atoms with van der Waals surface area (Å²) in [4.78, 5) is 1.30. The van der Waals surface area contributed by atoms with Crippen molar-refractivity contribution in [1.29, 1.82) is 0 Å². The van der Waals surface area contributed by atoms with Gasteiger partial charge in [0.1, 0.15) is 0 Å². The Morgan fingerprint density at radius 1 is 1.60 bits per heavy atom. The lowest BCUT2D eigenvalue weighted by atomic mass is 9.79. The largest absolute Gasteiger partial charge is 0.146 e. The van der Waals surface area contributed by atoms with Crippen LogP contribution in [0.25, 0.3) is 0 Å². The Hall–Kier alpha value is 0.470. The lowest BCUT2D eigenvalue weighted by molar-refractivity contribution is 0.253. The Bertz CT molecular complexity index is 345. The van der Waals surface area contributed by atoms with Gasteiger partial charge in [0.25, 0.3) is 0 Å². The SMILES string of the molecule is CC1(C)CCCC1C(Cl)c1sccc1Br. The quantitative estimate of drug-likeness (QED) is 0.622. The molecule has 0 amide bonds. The monoisotopic (exact) mass is 306 g/mol. The maximum atomic E-state index is 6.62. The van der Waals surface area contributed by atoms with Crippen LogP contribution in [-0.2, 0) is 0 Å². The number of rotatable bonds is 2. The predicted molar refractivity (Wildman–Crippen MR) is 71.7 cm³/mol. The van der Waals surface area contributed by atoms with Crippen molar-refractivity contribution >= 4 is 38.9 Å². The minimum atomic E-state index is 0.178. The fourth-order valence-electron chi connectivity index (χ4n) is 2.58. The van der Waals surface area contributed by atoms with Gasteiger partial charge in [0.2, 0.25) is 0 Å². The summed E-state index contributed by atoms with van der Waals surface area (Å²) in [5.74, 6) is 0.620. The van der Waals surface area contributed by atoms with E-state index in [1.54, 1.807) is 11.3 Å². The van der Waals surface area contributed by atoms with Gasteiger partial charge in [-0.15, -0.1) is 22.9 Å². The molecule has 84 valence electrons. The van der Waals surface area contributed by atoms with Crippen molar-refractivity contribution in [3.63, 3.8) is 0 Å². The summed E-state index contributed by atoms with van der Waals surface area (Å²) in [5, 5.41) is 2.29. The van der Waals surface area contributed by atoms with E-state index >= 15 is 0 Å². The Balaban J connectivity index is 2.21. The van der Waals surface area contributed by atoms with Crippen LogP contribution in [0.1, 0.15) is 43.4 Å². The maximum absolute atomic E-state index is 6.62. The van der Waals surface area contributed by atoms with E-state index in [2.05, 4.69) is 41.2 Å². The number of thiophene rings is 1. The van der Waals surface area contributed by atoms with Crippen LogP contribution in [0.4, 0.5) is 0 Å². The van der Waals surface area contributed by atoms with Crippen molar-refractivity contribution in [2.45, 2.75) is 38.5 Å². The lowest BCUT2D eigenvalue weighted by Gasteiger charge is -2.30. The van der Waals surface area contributed by atoms with Crippen molar-refractivity contribution in [3.8, 4) is 0 Å². The summed E-state index contributed by atoms with van der Waals surface area (Å²) in [6.07, 6.45) is 3.90. The first-order chi connectivity index (χ1) is 7.02. The van der Waals surface area contributed by atoms with Gasteiger partial charge in [-0.3, -0.25) is 0 Å². The van der Waals surface area contributed by atoms with Crippen molar-refractivity contribution in [3.05, 3.63) is 20.8 Å². The number of halogens is 2. The van der Waals surface area contributed by atoms with E-state index < -0.39 is 0 Å². The van der Waals surface area contributed by atoms with E-state index in [-0.39, 0.29) is 5.38 Å². The second-order valence-corrected chi connectivity index (χ2v) is 7.29. The van der Waals surface area contributed by atoms with E-state index in [9.17, 15) is 0 Å². The first kappa shape index (κ1) is 11.9. The highest BCUT2D eigenvalue weighted by Gasteiger charge is 2.40. The second kappa shape index (κ2) is 4.38. The zero-order chi connectivity index (χ0) is 11.1. The molecule has 0 saturated heterocycles. The van der Waals surface area contributed by atoms with E-state index in [4.69, 9.17) is 11.6 Å². The minimum absolute atomic E-state index is 0.178.